The van der Waals surface area contributed by atoms with Crippen LogP contribution in [0.4, 0.5) is 4.39 Å². The van der Waals surface area contributed by atoms with Crippen molar-refractivity contribution in [2.24, 2.45) is 0 Å². The lowest BCUT2D eigenvalue weighted by atomic mass is 10.2. The smallest absolute Gasteiger partial charge is 0.254 e. The monoisotopic (exact) mass is 278 g/mol. The third kappa shape index (κ3) is 4.40. The maximum Gasteiger partial charge on any atom is 0.254 e. The minimum absolute atomic E-state index is 0.0195. The first kappa shape index (κ1) is 14.1. The molecule has 0 fully saturated rings. The van der Waals surface area contributed by atoms with Gasteiger partial charge in [-0.25, -0.2) is 9.37 Å². The third-order valence-electron chi connectivity index (χ3n) is 1.99. The summed E-state index contributed by atoms with van der Waals surface area (Å²) < 4.78 is 24.0. The molecule has 0 aliphatic heterocycles. The summed E-state index contributed by atoms with van der Waals surface area (Å²) in [5, 5.41) is 2.45. The lowest BCUT2D eigenvalue weighted by Crippen LogP contribution is -2.28. The van der Waals surface area contributed by atoms with Crippen LogP contribution in [-0.4, -0.2) is 33.2 Å². The van der Waals surface area contributed by atoms with Crippen molar-refractivity contribution < 1.29 is 13.4 Å². The van der Waals surface area contributed by atoms with E-state index < -0.39 is 22.5 Å². The van der Waals surface area contributed by atoms with Crippen molar-refractivity contribution in [2.75, 3.05) is 18.1 Å². The molecule has 1 N–H and O–H groups in total. The Morgan fingerprint density at radius 3 is 3.00 bits per heavy atom. The fourth-order valence-corrected chi connectivity index (χ4v) is 1.91. The van der Waals surface area contributed by atoms with E-state index >= 15 is 0 Å². The lowest BCUT2D eigenvalue weighted by Gasteiger charge is -2.05. The molecule has 17 heavy (non-hydrogen) atoms. The van der Waals surface area contributed by atoms with Crippen molar-refractivity contribution in [1.82, 2.24) is 10.3 Å². The molecule has 0 radical (unpaired) electrons. The second kappa shape index (κ2) is 6.66. The first-order valence-corrected chi connectivity index (χ1v) is 6.85. The highest BCUT2D eigenvalue weighted by atomic mass is 35.5. The number of carbonyl (C=O) groups is 1. The van der Waals surface area contributed by atoms with Gasteiger partial charge in [0.2, 0.25) is 0 Å². The van der Waals surface area contributed by atoms with Crippen LogP contribution in [0.15, 0.2) is 12.3 Å². The second-order valence-electron chi connectivity index (χ2n) is 3.18. The molecule has 0 aromatic carbocycles. The maximum atomic E-state index is 12.9. The molecule has 4 nitrogen and oxygen atoms in total. The number of halogens is 2. The highest BCUT2D eigenvalue weighted by Crippen LogP contribution is 2.13. The van der Waals surface area contributed by atoms with Crippen molar-refractivity contribution in [3.8, 4) is 0 Å². The van der Waals surface area contributed by atoms with E-state index in [1.807, 2.05) is 0 Å². The Morgan fingerprint density at radius 2 is 2.35 bits per heavy atom. The number of hydrogen-bond donors (Lipinski definition) is 1. The number of pyridine rings is 1. The first-order chi connectivity index (χ1) is 8.04. The van der Waals surface area contributed by atoms with Gasteiger partial charge in [0.05, 0.1) is 11.8 Å². The molecule has 0 aliphatic carbocycles. The van der Waals surface area contributed by atoms with Gasteiger partial charge < -0.3 is 5.32 Å². The number of nitrogens with zero attached hydrogens (tertiary/aromatic N) is 1. The average molecular weight is 279 g/mol. The van der Waals surface area contributed by atoms with Crippen LogP contribution in [0.1, 0.15) is 17.3 Å². The van der Waals surface area contributed by atoms with Crippen LogP contribution < -0.4 is 5.32 Å². The molecule has 0 spiro atoms. The number of nitrogens with one attached hydrogen (secondary N) is 1. The summed E-state index contributed by atoms with van der Waals surface area (Å²) in [5.74, 6) is -0.243. The summed E-state index contributed by atoms with van der Waals surface area (Å²) in [6.07, 6.45) is 0.936. The van der Waals surface area contributed by atoms with Crippen LogP contribution in [0.3, 0.4) is 0 Å². The molecule has 0 saturated carbocycles. The summed E-state index contributed by atoms with van der Waals surface area (Å²) in [6.45, 7) is 2.05. The molecule has 1 aromatic rings. The Hall–Kier alpha value is -1.01. The van der Waals surface area contributed by atoms with E-state index in [4.69, 9.17) is 11.6 Å². The van der Waals surface area contributed by atoms with Gasteiger partial charge in [0.15, 0.2) is 0 Å². The highest BCUT2D eigenvalue weighted by molar-refractivity contribution is 7.84. The maximum absolute atomic E-state index is 12.9. The SMILES string of the molecule is CCS(=O)CCNC(=O)c1cc(F)cnc1Cl. The van der Waals surface area contributed by atoms with Crippen LogP contribution in [0, 0.1) is 5.82 Å². The number of aromatic nitrogens is 1. The summed E-state index contributed by atoms with van der Waals surface area (Å²) in [4.78, 5) is 15.1. The van der Waals surface area contributed by atoms with E-state index in [2.05, 4.69) is 10.3 Å². The molecule has 1 atom stereocenters. The zero-order chi connectivity index (χ0) is 12.8. The molecule has 94 valence electrons. The predicted molar refractivity (Wildman–Crippen MR) is 65.1 cm³/mol. The zero-order valence-electron chi connectivity index (χ0n) is 9.20. The lowest BCUT2D eigenvalue weighted by molar-refractivity contribution is 0.0955. The zero-order valence-corrected chi connectivity index (χ0v) is 10.8. The van der Waals surface area contributed by atoms with Crippen molar-refractivity contribution in [2.45, 2.75) is 6.92 Å². The molecule has 0 bridgehead atoms. The van der Waals surface area contributed by atoms with Gasteiger partial charge >= 0.3 is 0 Å². The molecule has 0 aliphatic rings. The number of amides is 1. The molecule has 0 saturated heterocycles. The molecule has 7 heteroatoms. The fourth-order valence-electron chi connectivity index (χ4n) is 1.10. The summed E-state index contributed by atoms with van der Waals surface area (Å²) >= 11 is 5.66. The van der Waals surface area contributed by atoms with Crippen molar-refractivity contribution in [3.63, 3.8) is 0 Å². The van der Waals surface area contributed by atoms with E-state index in [9.17, 15) is 13.4 Å². The Kier molecular flexibility index (Phi) is 5.50. The number of carbonyl (C=O) groups excluding carboxylic acids is 1. The minimum atomic E-state index is -0.947. The fraction of sp³-hybridized carbons (Fsp3) is 0.400. The van der Waals surface area contributed by atoms with Crippen LogP contribution in [0.5, 0.6) is 0 Å². The van der Waals surface area contributed by atoms with Gasteiger partial charge in [0.1, 0.15) is 11.0 Å². The first-order valence-electron chi connectivity index (χ1n) is 4.98. The van der Waals surface area contributed by atoms with E-state index in [1.54, 1.807) is 6.92 Å². The van der Waals surface area contributed by atoms with E-state index in [1.165, 1.54) is 0 Å². The van der Waals surface area contributed by atoms with E-state index in [0.717, 1.165) is 12.3 Å². The number of hydrogen-bond acceptors (Lipinski definition) is 3. The Bertz CT molecular complexity index is 442. The minimum Gasteiger partial charge on any atom is -0.351 e. The van der Waals surface area contributed by atoms with Gasteiger partial charge in [-0.2, -0.15) is 0 Å². The molecule has 1 amide bonds. The van der Waals surface area contributed by atoms with Crippen LogP contribution in [0.2, 0.25) is 5.15 Å². The van der Waals surface area contributed by atoms with Crippen LogP contribution in [-0.2, 0) is 10.8 Å². The molecule has 1 heterocycles. The van der Waals surface area contributed by atoms with Crippen LogP contribution >= 0.6 is 11.6 Å². The van der Waals surface area contributed by atoms with Gasteiger partial charge in [-0.05, 0) is 6.07 Å². The standard InChI is InChI=1S/C10H12ClFN2O2S/c1-2-17(16)4-3-13-10(15)8-5-7(12)6-14-9(8)11/h5-6H,2-4H2,1H3,(H,13,15). The largest absolute Gasteiger partial charge is 0.351 e. The molecule has 1 unspecified atom stereocenters. The van der Waals surface area contributed by atoms with Gasteiger partial charge in [-0.15, -0.1) is 0 Å². The van der Waals surface area contributed by atoms with Crippen molar-refractivity contribution in [1.29, 1.82) is 0 Å². The Labute approximate surface area is 106 Å². The highest BCUT2D eigenvalue weighted by Gasteiger charge is 2.12. The molecule has 1 rings (SSSR count). The van der Waals surface area contributed by atoms with Crippen molar-refractivity contribution in [3.05, 3.63) is 28.8 Å². The normalized spacial score (nSPS) is 12.2. The summed E-state index contributed by atoms with van der Waals surface area (Å²) in [5.41, 5.74) is -0.0195. The molecule has 1 aromatic heterocycles. The van der Waals surface area contributed by atoms with Gasteiger partial charge in [-0.3, -0.25) is 9.00 Å². The Balaban J connectivity index is 2.58. The summed E-state index contributed by atoms with van der Waals surface area (Å²) in [6, 6.07) is 1.02. The van der Waals surface area contributed by atoms with Gasteiger partial charge in [0, 0.05) is 28.9 Å². The van der Waals surface area contributed by atoms with Crippen molar-refractivity contribution >= 4 is 28.3 Å². The second-order valence-corrected chi connectivity index (χ2v) is 5.40. The number of rotatable bonds is 5. The quantitative estimate of drug-likeness (QED) is 0.828. The molecular weight excluding hydrogens is 267 g/mol. The average Bonchev–Trinajstić information content (AvgIpc) is 2.31. The van der Waals surface area contributed by atoms with E-state index in [0.29, 0.717) is 11.5 Å². The Morgan fingerprint density at radius 1 is 1.65 bits per heavy atom. The van der Waals surface area contributed by atoms with Gasteiger partial charge in [0.25, 0.3) is 5.91 Å². The topological polar surface area (TPSA) is 59.1 Å². The molecular formula is C10H12ClFN2O2S. The van der Waals surface area contributed by atoms with Crippen LogP contribution in [0.25, 0.3) is 0 Å². The third-order valence-corrected chi connectivity index (χ3v) is 3.59. The summed E-state index contributed by atoms with van der Waals surface area (Å²) in [7, 11) is -0.947. The van der Waals surface area contributed by atoms with Gasteiger partial charge in [-0.1, -0.05) is 18.5 Å². The van der Waals surface area contributed by atoms with E-state index in [-0.39, 0.29) is 17.3 Å². The predicted octanol–water partition coefficient (Wildman–Crippen LogP) is 1.37.